The third kappa shape index (κ3) is 3.35. The number of nitrogens with one attached hydrogen (secondary N) is 1. The number of hydrogen-bond donors (Lipinski definition) is 1. The maximum Gasteiger partial charge on any atom is 0.0722 e. The van der Waals surface area contributed by atoms with Gasteiger partial charge in [0, 0.05) is 30.4 Å². The van der Waals surface area contributed by atoms with Crippen LogP contribution in [0.1, 0.15) is 26.2 Å². The van der Waals surface area contributed by atoms with Gasteiger partial charge in [0.25, 0.3) is 0 Å². The van der Waals surface area contributed by atoms with Crippen LogP contribution in [0, 0.1) is 5.92 Å². The van der Waals surface area contributed by atoms with E-state index >= 15 is 0 Å². The predicted molar refractivity (Wildman–Crippen MR) is 89.8 cm³/mol. The number of anilines is 1. The van der Waals surface area contributed by atoms with Gasteiger partial charge in [-0.1, -0.05) is 25.1 Å². The summed E-state index contributed by atoms with van der Waals surface area (Å²) in [6.45, 7) is 6.87. The molecule has 1 aliphatic rings. The van der Waals surface area contributed by atoms with Crippen LogP contribution >= 0.6 is 0 Å². The molecule has 0 aliphatic carbocycles. The number of para-hydroxylation sites is 1. The average Bonchev–Trinajstić information content (AvgIpc) is 2.55. The smallest absolute Gasteiger partial charge is 0.0722 e. The molecular weight excluding hydrogens is 258 g/mol. The third-order valence-corrected chi connectivity index (χ3v) is 4.44. The van der Waals surface area contributed by atoms with Gasteiger partial charge in [-0.15, -0.1) is 0 Å². The van der Waals surface area contributed by atoms with Gasteiger partial charge in [-0.3, -0.25) is 4.98 Å². The summed E-state index contributed by atoms with van der Waals surface area (Å²) in [5, 5.41) is 4.84. The molecule has 1 N–H and O–H groups in total. The lowest BCUT2D eigenvalue weighted by Gasteiger charge is -2.34. The SMILES string of the molecule is CCCNCC1CCN(c2ccnc3ccccc23)CC1. The lowest BCUT2D eigenvalue weighted by Crippen LogP contribution is -2.37. The highest BCUT2D eigenvalue weighted by Gasteiger charge is 2.20. The van der Waals surface area contributed by atoms with Gasteiger partial charge in [0.2, 0.25) is 0 Å². The van der Waals surface area contributed by atoms with Gasteiger partial charge in [0.05, 0.1) is 5.52 Å². The molecule has 2 aromatic rings. The Morgan fingerprint density at radius 1 is 1.19 bits per heavy atom. The van der Waals surface area contributed by atoms with Crippen LogP contribution in [0.15, 0.2) is 36.5 Å². The molecule has 1 aromatic heterocycles. The molecule has 0 amide bonds. The molecule has 2 heterocycles. The van der Waals surface area contributed by atoms with E-state index in [4.69, 9.17) is 0 Å². The van der Waals surface area contributed by atoms with Crippen molar-refractivity contribution < 1.29 is 0 Å². The topological polar surface area (TPSA) is 28.2 Å². The second-order valence-electron chi connectivity index (χ2n) is 5.98. The van der Waals surface area contributed by atoms with Gasteiger partial charge >= 0.3 is 0 Å². The Bertz CT molecular complexity index is 568. The first-order valence-corrected chi connectivity index (χ1v) is 8.18. The number of fused-ring (bicyclic) bond motifs is 1. The maximum absolute atomic E-state index is 4.46. The normalized spacial score (nSPS) is 16.5. The molecular formula is C18H25N3. The first-order chi connectivity index (χ1) is 10.4. The fourth-order valence-corrected chi connectivity index (χ4v) is 3.22. The molecule has 1 aliphatic heterocycles. The van der Waals surface area contributed by atoms with Crippen molar-refractivity contribution in [1.82, 2.24) is 10.3 Å². The summed E-state index contributed by atoms with van der Waals surface area (Å²) < 4.78 is 0. The zero-order valence-electron chi connectivity index (χ0n) is 12.9. The Hall–Kier alpha value is -1.61. The Kier molecular flexibility index (Phi) is 4.71. The van der Waals surface area contributed by atoms with Crippen LogP contribution < -0.4 is 10.2 Å². The number of hydrogen-bond acceptors (Lipinski definition) is 3. The monoisotopic (exact) mass is 283 g/mol. The Morgan fingerprint density at radius 3 is 2.81 bits per heavy atom. The van der Waals surface area contributed by atoms with E-state index in [1.807, 2.05) is 6.20 Å². The van der Waals surface area contributed by atoms with E-state index in [-0.39, 0.29) is 0 Å². The van der Waals surface area contributed by atoms with Crippen molar-refractivity contribution in [3.05, 3.63) is 36.5 Å². The van der Waals surface area contributed by atoms with Crippen molar-refractivity contribution in [2.75, 3.05) is 31.1 Å². The summed E-state index contributed by atoms with van der Waals surface area (Å²) in [7, 11) is 0. The minimum Gasteiger partial charge on any atom is -0.371 e. The van der Waals surface area contributed by atoms with Gasteiger partial charge < -0.3 is 10.2 Å². The van der Waals surface area contributed by atoms with Crippen LogP contribution in [-0.2, 0) is 0 Å². The van der Waals surface area contributed by atoms with E-state index in [9.17, 15) is 0 Å². The molecule has 1 fully saturated rings. The molecule has 0 atom stereocenters. The highest BCUT2D eigenvalue weighted by atomic mass is 15.1. The molecule has 0 bridgehead atoms. The first kappa shape index (κ1) is 14.3. The van der Waals surface area contributed by atoms with Crippen molar-refractivity contribution in [2.45, 2.75) is 26.2 Å². The molecule has 1 aromatic carbocycles. The van der Waals surface area contributed by atoms with Gasteiger partial charge in [-0.05, 0) is 50.4 Å². The standard InChI is InChI=1S/C18H25N3/c1-2-10-19-14-15-8-12-21(13-9-15)18-7-11-20-17-6-4-3-5-16(17)18/h3-7,11,15,19H,2,8-10,12-14H2,1H3. The van der Waals surface area contributed by atoms with Crippen molar-refractivity contribution in [2.24, 2.45) is 5.92 Å². The van der Waals surface area contributed by atoms with Crippen LogP contribution in [0.5, 0.6) is 0 Å². The van der Waals surface area contributed by atoms with E-state index < -0.39 is 0 Å². The summed E-state index contributed by atoms with van der Waals surface area (Å²) in [6.07, 6.45) is 5.73. The van der Waals surface area contributed by atoms with Crippen LogP contribution in [-0.4, -0.2) is 31.2 Å². The first-order valence-electron chi connectivity index (χ1n) is 8.18. The Labute approximate surface area is 127 Å². The largest absolute Gasteiger partial charge is 0.371 e. The van der Waals surface area contributed by atoms with Gasteiger partial charge in [-0.25, -0.2) is 0 Å². The summed E-state index contributed by atoms with van der Waals surface area (Å²) in [5.41, 5.74) is 2.45. The summed E-state index contributed by atoms with van der Waals surface area (Å²) in [5.74, 6) is 0.834. The van der Waals surface area contributed by atoms with Crippen molar-refractivity contribution >= 4 is 16.6 Å². The second-order valence-corrected chi connectivity index (χ2v) is 5.98. The highest BCUT2D eigenvalue weighted by molar-refractivity contribution is 5.91. The zero-order chi connectivity index (χ0) is 14.5. The number of benzene rings is 1. The Morgan fingerprint density at radius 2 is 2.00 bits per heavy atom. The van der Waals surface area contributed by atoms with Crippen LogP contribution in [0.25, 0.3) is 10.9 Å². The second kappa shape index (κ2) is 6.90. The summed E-state index contributed by atoms with van der Waals surface area (Å²) in [4.78, 5) is 6.99. The van der Waals surface area contributed by atoms with Crippen LogP contribution in [0.2, 0.25) is 0 Å². The van der Waals surface area contributed by atoms with E-state index in [0.717, 1.165) is 31.1 Å². The molecule has 0 spiro atoms. The van der Waals surface area contributed by atoms with Gasteiger partial charge in [0.1, 0.15) is 0 Å². The van der Waals surface area contributed by atoms with E-state index in [2.05, 4.69) is 52.5 Å². The number of nitrogens with zero attached hydrogens (tertiary/aromatic N) is 2. The predicted octanol–water partition coefficient (Wildman–Crippen LogP) is 3.45. The molecule has 0 unspecified atom stereocenters. The number of rotatable bonds is 5. The number of piperidine rings is 1. The summed E-state index contributed by atoms with van der Waals surface area (Å²) in [6, 6.07) is 10.6. The van der Waals surface area contributed by atoms with E-state index in [1.165, 1.54) is 36.9 Å². The fourth-order valence-electron chi connectivity index (χ4n) is 3.22. The van der Waals surface area contributed by atoms with E-state index in [0.29, 0.717) is 0 Å². The maximum atomic E-state index is 4.46. The summed E-state index contributed by atoms with van der Waals surface area (Å²) >= 11 is 0. The molecule has 21 heavy (non-hydrogen) atoms. The van der Waals surface area contributed by atoms with Crippen LogP contribution in [0.3, 0.4) is 0 Å². The molecule has 3 nitrogen and oxygen atoms in total. The van der Waals surface area contributed by atoms with Gasteiger partial charge in [0.15, 0.2) is 0 Å². The average molecular weight is 283 g/mol. The number of pyridine rings is 1. The molecule has 1 saturated heterocycles. The van der Waals surface area contributed by atoms with Crippen molar-refractivity contribution in [3.63, 3.8) is 0 Å². The van der Waals surface area contributed by atoms with Crippen molar-refractivity contribution in [1.29, 1.82) is 0 Å². The molecule has 0 saturated carbocycles. The quantitative estimate of drug-likeness (QED) is 0.852. The number of aromatic nitrogens is 1. The lowest BCUT2D eigenvalue weighted by atomic mass is 9.96. The van der Waals surface area contributed by atoms with E-state index in [1.54, 1.807) is 0 Å². The minimum atomic E-state index is 0.834. The van der Waals surface area contributed by atoms with Gasteiger partial charge in [-0.2, -0.15) is 0 Å². The highest BCUT2D eigenvalue weighted by Crippen LogP contribution is 2.28. The molecule has 112 valence electrons. The molecule has 3 rings (SSSR count). The van der Waals surface area contributed by atoms with Crippen molar-refractivity contribution in [3.8, 4) is 0 Å². The molecule has 0 radical (unpaired) electrons. The lowest BCUT2D eigenvalue weighted by molar-refractivity contribution is 0.384. The fraction of sp³-hybridized carbons (Fsp3) is 0.500. The minimum absolute atomic E-state index is 0.834. The molecule has 3 heteroatoms. The van der Waals surface area contributed by atoms with Crippen LogP contribution in [0.4, 0.5) is 5.69 Å². The zero-order valence-corrected chi connectivity index (χ0v) is 12.9. The Balaban J connectivity index is 1.66. The third-order valence-electron chi connectivity index (χ3n) is 4.44.